The molecule has 0 radical (unpaired) electrons. The first-order chi connectivity index (χ1) is 9.71. The van der Waals surface area contributed by atoms with E-state index in [1.807, 2.05) is 13.8 Å². The van der Waals surface area contributed by atoms with Gasteiger partial charge in [-0.25, -0.2) is 8.42 Å². The quantitative estimate of drug-likeness (QED) is 0.579. The Morgan fingerprint density at radius 2 is 1.90 bits per heavy atom. The first-order valence-corrected chi connectivity index (χ1v) is 9.52. The standard InChI is InChI=1S/C15H25BrN2O2S/c1-5-6-7-8-18(11(2)3)21(19,20)15-10-13(16)9-14(17)12(15)4/h9-11H,5-8,17H2,1-4H3. The van der Waals surface area contributed by atoms with Crippen molar-refractivity contribution in [2.75, 3.05) is 12.3 Å². The van der Waals surface area contributed by atoms with Gasteiger partial charge in [-0.3, -0.25) is 0 Å². The Bertz CT molecular complexity index is 586. The lowest BCUT2D eigenvalue weighted by Gasteiger charge is -2.27. The normalized spacial score (nSPS) is 12.3. The molecule has 0 aliphatic heterocycles. The minimum Gasteiger partial charge on any atom is -0.398 e. The number of rotatable bonds is 7. The lowest BCUT2D eigenvalue weighted by Crippen LogP contribution is -2.38. The van der Waals surface area contributed by atoms with Crippen LogP contribution in [0.2, 0.25) is 0 Å². The fourth-order valence-corrected chi connectivity index (χ4v) is 4.83. The molecule has 0 saturated heterocycles. The molecule has 1 aromatic rings. The molecule has 0 aliphatic rings. The molecule has 21 heavy (non-hydrogen) atoms. The minimum absolute atomic E-state index is 0.0773. The van der Waals surface area contributed by atoms with Crippen LogP contribution in [-0.4, -0.2) is 25.3 Å². The number of halogens is 1. The van der Waals surface area contributed by atoms with Crippen LogP contribution < -0.4 is 5.73 Å². The van der Waals surface area contributed by atoms with Crippen molar-refractivity contribution < 1.29 is 8.42 Å². The van der Waals surface area contributed by atoms with Gasteiger partial charge in [0, 0.05) is 22.7 Å². The molecule has 0 aromatic heterocycles. The van der Waals surface area contributed by atoms with Crippen molar-refractivity contribution in [2.24, 2.45) is 0 Å². The summed E-state index contributed by atoms with van der Waals surface area (Å²) in [5, 5.41) is 0. The van der Waals surface area contributed by atoms with E-state index in [9.17, 15) is 8.42 Å². The van der Waals surface area contributed by atoms with Gasteiger partial charge in [-0.2, -0.15) is 4.31 Å². The summed E-state index contributed by atoms with van der Waals surface area (Å²) in [5.74, 6) is 0. The van der Waals surface area contributed by atoms with Crippen molar-refractivity contribution in [1.82, 2.24) is 4.31 Å². The average molecular weight is 377 g/mol. The molecule has 2 N–H and O–H groups in total. The van der Waals surface area contributed by atoms with E-state index < -0.39 is 10.0 Å². The Kier molecular flexibility index (Phi) is 6.69. The summed E-state index contributed by atoms with van der Waals surface area (Å²) < 4.78 is 28.1. The van der Waals surface area contributed by atoms with Crippen LogP contribution in [0.1, 0.15) is 45.6 Å². The van der Waals surface area contributed by atoms with Gasteiger partial charge >= 0.3 is 0 Å². The van der Waals surface area contributed by atoms with E-state index in [1.165, 1.54) is 0 Å². The number of anilines is 1. The number of sulfonamides is 1. The van der Waals surface area contributed by atoms with Gasteiger partial charge < -0.3 is 5.73 Å². The van der Waals surface area contributed by atoms with E-state index in [0.29, 0.717) is 27.2 Å². The molecule has 0 unspecified atom stereocenters. The predicted octanol–water partition coefficient (Wildman–Crippen LogP) is 3.93. The molecular formula is C15H25BrN2O2S. The number of hydrogen-bond donors (Lipinski definition) is 1. The zero-order valence-electron chi connectivity index (χ0n) is 13.2. The summed E-state index contributed by atoms with van der Waals surface area (Å²) in [6.45, 7) is 8.20. The molecule has 1 aromatic carbocycles. The maximum atomic E-state index is 12.9. The second kappa shape index (κ2) is 7.61. The summed E-state index contributed by atoms with van der Waals surface area (Å²) in [7, 11) is -3.53. The van der Waals surface area contributed by atoms with Crippen LogP contribution in [0, 0.1) is 6.92 Å². The zero-order chi connectivity index (χ0) is 16.2. The Balaban J connectivity index is 3.23. The maximum Gasteiger partial charge on any atom is 0.243 e. The van der Waals surface area contributed by atoms with Gasteiger partial charge in [0.1, 0.15) is 0 Å². The number of unbranched alkanes of at least 4 members (excludes halogenated alkanes) is 2. The van der Waals surface area contributed by atoms with Crippen LogP contribution in [0.15, 0.2) is 21.5 Å². The molecule has 0 spiro atoms. The highest BCUT2D eigenvalue weighted by Gasteiger charge is 2.28. The van der Waals surface area contributed by atoms with E-state index in [2.05, 4.69) is 22.9 Å². The summed E-state index contributed by atoms with van der Waals surface area (Å²) >= 11 is 3.33. The molecule has 0 bridgehead atoms. The van der Waals surface area contributed by atoms with Crippen molar-refractivity contribution in [3.63, 3.8) is 0 Å². The van der Waals surface area contributed by atoms with Crippen molar-refractivity contribution in [3.8, 4) is 0 Å². The van der Waals surface area contributed by atoms with Crippen LogP contribution in [0.4, 0.5) is 5.69 Å². The molecule has 0 amide bonds. The SMILES string of the molecule is CCCCCN(C(C)C)S(=O)(=O)c1cc(Br)cc(N)c1C. The zero-order valence-corrected chi connectivity index (χ0v) is 15.6. The molecule has 0 aliphatic carbocycles. The Labute approximate surface area is 136 Å². The Morgan fingerprint density at radius 3 is 2.43 bits per heavy atom. The second-order valence-electron chi connectivity index (χ2n) is 5.53. The molecule has 4 nitrogen and oxygen atoms in total. The van der Waals surface area contributed by atoms with Crippen LogP contribution in [-0.2, 0) is 10.0 Å². The van der Waals surface area contributed by atoms with E-state index >= 15 is 0 Å². The lowest BCUT2D eigenvalue weighted by atomic mass is 10.2. The third-order valence-electron chi connectivity index (χ3n) is 3.51. The van der Waals surface area contributed by atoms with Gasteiger partial charge in [0.15, 0.2) is 0 Å². The van der Waals surface area contributed by atoms with Gasteiger partial charge in [0.2, 0.25) is 10.0 Å². The Hall–Kier alpha value is -0.590. The summed E-state index contributed by atoms with van der Waals surface area (Å²) in [6.07, 6.45) is 2.96. The third kappa shape index (κ3) is 4.44. The molecule has 1 rings (SSSR count). The number of hydrogen-bond acceptors (Lipinski definition) is 3. The summed E-state index contributed by atoms with van der Waals surface area (Å²) in [4.78, 5) is 0.291. The number of nitrogens with zero attached hydrogens (tertiary/aromatic N) is 1. The summed E-state index contributed by atoms with van der Waals surface area (Å²) in [6, 6.07) is 3.29. The number of benzene rings is 1. The molecule has 0 saturated carbocycles. The monoisotopic (exact) mass is 376 g/mol. The van der Waals surface area contributed by atoms with Crippen LogP contribution >= 0.6 is 15.9 Å². The molecule has 0 heterocycles. The molecular weight excluding hydrogens is 352 g/mol. The van der Waals surface area contributed by atoms with E-state index in [1.54, 1.807) is 23.4 Å². The van der Waals surface area contributed by atoms with Crippen LogP contribution in [0.3, 0.4) is 0 Å². The fraction of sp³-hybridized carbons (Fsp3) is 0.600. The van der Waals surface area contributed by atoms with Gasteiger partial charge in [-0.15, -0.1) is 0 Å². The maximum absolute atomic E-state index is 12.9. The average Bonchev–Trinajstić information content (AvgIpc) is 2.38. The van der Waals surface area contributed by atoms with Crippen LogP contribution in [0.5, 0.6) is 0 Å². The van der Waals surface area contributed by atoms with Gasteiger partial charge in [-0.05, 0) is 44.9 Å². The molecule has 0 atom stereocenters. The lowest BCUT2D eigenvalue weighted by molar-refractivity contribution is 0.345. The highest BCUT2D eigenvalue weighted by Crippen LogP contribution is 2.29. The first kappa shape index (κ1) is 18.5. The molecule has 120 valence electrons. The molecule has 0 fully saturated rings. The third-order valence-corrected chi connectivity index (χ3v) is 6.17. The largest absolute Gasteiger partial charge is 0.398 e. The highest BCUT2D eigenvalue weighted by molar-refractivity contribution is 9.10. The fourth-order valence-electron chi connectivity index (χ4n) is 2.24. The smallest absolute Gasteiger partial charge is 0.243 e. The second-order valence-corrected chi connectivity index (χ2v) is 8.31. The van der Waals surface area contributed by atoms with Crippen molar-refractivity contribution in [2.45, 2.75) is 57.9 Å². The van der Waals surface area contributed by atoms with Crippen LogP contribution in [0.25, 0.3) is 0 Å². The number of nitrogens with two attached hydrogens (primary N) is 1. The minimum atomic E-state index is -3.53. The molecule has 6 heteroatoms. The topological polar surface area (TPSA) is 63.4 Å². The highest BCUT2D eigenvalue weighted by atomic mass is 79.9. The van der Waals surface area contributed by atoms with Gasteiger partial charge in [0.05, 0.1) is 4.90 Å². The van der Waals surface area contributed by atoms with E-state index in [0.717, 1.165) is 19.3 Å². The van der Waals surface area contributed by atoms with Crippen molar-refractivity contribution in [1.29, 1.82) is 0 Å². The van der Waals surface area contributed by atoms with Crippen molar-refractivity contribution in [3.05, 3.63) is 22.2 Å². The van der Waals surface area contributed by atoms with E-state index in [-0.39, 0.29) is 6.04 Å². The first-order valence-electron chi connectivity index (χ1n) is 7.29. The Morgan fingerprint density at radius 1 is 1.29 bits per heavy atom. The van der Waals surface area contributed by atoms with E-state index in [4.69, 9.17) is 5.73 Å². The van der Waals surface area contributed by atoms with Gasteiger partial charge in [0.25, 0.3) is 0 Å². The van der Waals surface area contributed by atoms with Crippen molar-refractivity contribution >= 4 is 31.6 Å². The summed E-state index contributed by atoms with van der Waals surface area (Å²) in [5.41, 5.74) is 7.00. The predicted molar refractivity (Wildman–Crippen MR) is 91.8 cm³/mol. The number of nitrogen functional groups attached to an aromatic ring is 1. The van der Waals surface area contributed by atoms with Gasteiger partial charge in [-0.1, -0.05) is 35.7 Å².